The molecule has 1 N–H and O–H groups in total. The lowest BCUT2D eigenvalue weighted by Crippen LogP contribution is -2.21. The van der Waals surface area contributed by atoms with Crippen LogP contribution in [-0.2, 0) is 6.42 Å². The van der Waals surface area contributed by atoms with E-state index < -0.39 is 0 Å². The minimum Gasteiger partial charge on any atom is -0.310 e. The van der Waals surface area contributed by atoms with Gasteiger partial charge >= 0.3 is 0 Å². The zero-order valence-corrected chi connectivity index (χ0v) is 14.6. The number of hydrogen-bond donors (Lipinski definition) is 1. The molecular weight excluding hydrogens is 346 g/mol. The normalized spacial score (nSPS) is 12.3. The van der Waals surface area contributed by atoms with Crippen LogP contribution in [0.15, 0.2) is 53.0 Å². The average molecular weight is 367 g/mol. The first-order valence-corrected chi connectivity index (χ1v) is 8.60. The Bertz CT molecular complexity index is 556. The molecule has 1 atom stereocenters. The second kappa shape index (κ2) is 8.57. The van der Waals surface area contributed by atoms with Gasteiger partial charge < -0.3 is 5.32 Å². The lowest BCUT2D eigenvalue weighted by molar-refractivity contribution is 0.498. The van der Waals surface area contributed by atoms with Crippen molar-refractivity contribution < 1.29 is 0 Å². The number of aryl methyl sites for hydroxylation is 1. The lowest BCUT2D eigenvalue weighted by atomic mass is 9.99. The summed E-state index contributed by atoms with van der Waals surface area (Å²) in [4.78, 5) is 0. The highest BCUT2D eigenvalue weighted by molar-refractivity contribution is 9.10. The Morgan fingerprint density at radius 1 is 1.14 bits per heavy atom. The Kier molecular flexibility index (Phi) is 6.75. The summed E-state index contributed by atoms with van der Waals surface area (Å²) >= 11 is 9.66. The van der Waals surface area contributed by atoms with Crippen LogP contribution in [0.2, 0.25) is 5.02 Å². The van der Waals surface area contributed by atoms with E-state index >= 15 is 0 Å². The molecule has 2 aromatic carbocycles. The molecule has 1 nitrogen and oxygen atoms in total. The second-order valence-corrected chi connectivity index (χ2v) is 6.42. The van der Waals surface area contributed by atoms with Crippen LogP contribution >= 0.6 is 27.5 Å². The van der Waals surface area contributed by atoms with Crippen molar-refractivity contribution >= 4 is 27.5 Å². The van der Waals surface area contributed by atoms with Gasteiger partial charge in [0, 0.05) is 10.5 Å². The maximum absolute atomic E-state index is 6.21. The van der Waals surface area contributed by atoms with Crippen molar-refractivity contribution in [2.75, 3.05) is 6.54 Å². The molecule has 2 aromatic rings. The molecule has 0 heterocycles. The first kappa shape index (κ1) is 16.5. The second-order valence-electron chi connectivity index (χ2n) is 5.16. The Balaban J connectivity index is 1.97. The van der Waals surface area contributed by atoms with Gasteiger partial charge in [-0.1, -0.05) is 54.9 Å². The van der Waals surface area contributed by atoms with Crippen LogP contribution in [-0.4, -0.2) is 6.54 Å². The molecule has 0 aliphatic rings. The molecular formula is C18H21BrClN. The third-order valence-electron chi connectivity index (χ3n) is 3.60. The summed E-state index contributed by atoms with van der Waals surface area (Å²) < 4.78 is 0.951. The average Bonchev–Trinajstić information content (AvgIpc) is 2.50. The first-order valence-electron chi connectivity index (χ1n) is 7.43. The third-order valence-corrected chi connectivity index (χ3v) is 4.83. The zero-order chi connectivity index (χ0) is 15.1. The highest BCUT2D eigenvalue weighted by atomic mass is 79.9. The number of hydrogen-bond acceptors (Lipinski definition) is 1. The smallest absolute Gasteiger partial charge is 0.0551 e. The zero-order valence-electron chi connectivity index (χ0n) is 12.3. The Morgan fingerprint density at radius 3 is 2.57 bits per heavy atom. The molecule has 0 aliphatic heterocycles. The maximum Gasteiger partial charge on any atom is 0.0551 e. The van der Waals surface area contributed by atoms with Crippen LogP contribution in [0, 0.1) is 0 Å². The van der Waals surface area contributed by atoms with Crippen LogP contribution in [0.25, 0.3) is 0 Å². The summed E-state index contributed by atoms with van der Waals surface area (Å²) in [6.45, 7) is 3.11. The predicted molar refractivity (Wildman–Crippen MR) is 94.9 cm³/mol. The number of benzene rings is 2. The van der Waals surface area contributed by atoms with Gasteiger partial charge in [-0.15, -0.1) is 0 Å². The van der Waals surface area contributed by atoms with Gasteiger partial charge in [-0.25, -0.2) is 0 Å². The largest absolute Gasteiger partial charge is 0.310 e. The Hall–Kier alpha value is -0.830. The fourth-order valence-corrected chi connectivity index (χ4v) is 2.95. The van der Waals surface area contributed by atoms with Crippen LogP contribution in [0.4, 0.5) is 0 Å². The summed E-state index contributed by atoms with van der Waals surface area (Å²) in [6.07, 6.45) is 3.39. The van der Waals surface area contributed by atoms with Gasteiger partial charge in [-0.05, 0) is 65.0 Å². The van der Waals surface area contributed by atoms with E-state index in [4.69, 9.17) is 11.6 Å². The van der Waals surface area contributed by atoms with Gasteiger partial charge in [-0.2, -0.15) is 0 Å². The molecule has 3 heteroatoms. The summed E-state index contributed by atoms with van der Waals surface area (Å²) in [7, 11) is 0. The Morgan fingerprint density at radius 2 is 1.90 bits per heavy atom. The summed E-state index contributed by atoms with van der Waals surface area (Å²) in [5.74, 6) is 0. The predicted octanol–water partition coefficient (Wildman–Crippen LogP) is 5.78. The van der Waals surface area contributed by atoms with Crippen molar-refractivity contribution in [2.45, 2.75) is 32.2 Å². The highest BCUT2D eigenvalue weighted by Crippen LogP contribution is 2.28. The molecule has 0 fully saturated rings. The molecule has 0 radical (unpaired) electrons. The molecule has 2 rings (SSSR count). The van der Waals surface area contributed by atoms with Crippen molar-refractivity contribution in [3.05, 3.63) is 69.2 Å². The number of halogens is 2. The summed E-state index contributed by atoms with van der Waals surface area (Å²) in [5.41, 5.74) is 2.67. The molecule has 0 saturated carbocycles. The monoisotopic (exact) mass is 365 g/mol. The molecule has 0 spiro atoms. The minimum absolute atomic E-state index is 0.365. The van der Waals surface area contributed by atoms with Crippen LogP contribution < -0.4 is 5.32 Å². The maximum atomic E-state index is 6.21. The fourth-order valence-electron chi connectivity index (χ4n) is 2.52. The van der Waals surface area contributed by atoms with Crippen molar-refractivity contribution in [3.63, 3.8) is 0 Å². The summed E-state index contributed by atoms with van der Waals surface area (Å²) in [5, 5.41) is 4.33. The van der Waals surface area contributed by atoms with Crippen LogP contribution in [0.3, 0.4) is 0 Å². The van der Waals surface area contributed by atoms with Crippen molar-refractivity contribution in [1.82, 2.24) is 5.32 Å². The molecule has 21 heavy (non-hydrogen) atoms. The van der Waals surface area contributed by atoms with E-state index in [0.717, 1.165) is 35.3 Å². The standard InChI is InChI=1S/C18H21BrClN/c1-2-21-18(15-11-12-16(19)17(20)13-15)10-6-9-14-7-4-3-5-8-14/h3-5,7-8,11-13,18,21H,2,6,9-10H2,1H3. The van der Waals surface area contributed by atoms with E-state index in [1.165, 1.54) is 11.1 Å². The lowest BCUT2D eigenvalue weighted by Gasteiger charge is -2.19. The molecule has 1 unspecified atom stereocenters. The van der Waals surface area contributed by atoms with E-state index in [0.29, 0.717) is 6.04 Å². The first-order chi connectivity index (χ1) is 10.2. The quantitative estimate of drug-likeness (QED) is 0.655. The SMILES string of the molecule is CCNC(CCCc1ccccc1)c1ccc(Br)c(Cl)c1. The van der Waals surface area contributed by atoms with Gasteiger partial charge in [0.25, 0.3) is 0 Å². The molecule has 0 saturated heterocycles. The van der Waals surface area contributed by atoms with Gasteiger partial charge in [-0.3, -0.25) is 0 Å². The number of nitrogens with one attached hydrogen (secondary N) is 1. The minimum atomic E-state index is 0.365. The fraction of sp³-hybridized carbons (Fsp3) is 0.333. The summed E-state index contributed by atoms with van der Waals surface area (Å²) in [6, 6.07) is 17.3. The van der Waals surface area contributed by atoms with Crippen LogP contribution in [0.1, 0.15) is 36.9 Å². The molecule has 0 bridgehead atoms. The van der Waals surface area contributed by atoms with E-state index in [1.807, 2.05) is 6.07 Å². The highest BCUT2D eigenvalue weighted by Gasteiger charge is 2.11. The molecule has 0 amide bonds. The van der Waals surface area contributed by atoms with E-state index in [-0.39, 0.29) is 0 Å². The van der Waals surface area contributed by atoms with Crippen molar-refractivity contribution in [3.8, 4) is 0 Å². The van der Waals surface area contributed by atoms with Crippen molar-refractivity contribution in [1.29, 1.82) is 0 Å². The van der Waals surface area contributed by atoms with Gasteiger partial charge in [0.05, 0.1) is 5.02 Å². The molecule has 0 aromatic heterocycles. The van der Waals surface area contributed by atoms with Gasteiger partial charge in [0.15, 0.2) is 0 Å². The van der Waals surface area contributed by atoms with Gasteiger partial charge in [0.1, 0.15) is 0 Å². The van der Waals surface area contributed by atoms with E-state index in [2.05, 4.69) is 70.6 Å². The van der Waals surface area contributed by atoms with Crippen molar-refractivity contribution in [2.24, 2.45) is 0 Å². The third kappa shape index (κ3) is 5.14. The van der Waals surface area contributed by atoms with Gasteiger partial charge in [0.2, 0.25) is 0 Å². The van der Waals surface area contributed by atoms with E-state index in [9.17, 15) is 0 Å². The van der Waals surface area contributed by atoms with E-state index in [1.54, 1.807) is 0 Å². The topological polar surface area (TPSA) is 12.0 Å². The Labute approximate surface area is 140 Å². The van der Waals surface area contributed by atoms with Crippen LogP contribution in [0.5, 0.6) is 0 Å². The number of rotatable bonds is 7. The molecule has 0 aliphatic carbocycles. The molecule has 112 valence electrons.